The number of likely N-dealkylation sites (tertiary alicyclic amines) is 1. The van der Waals surface area contributed by atoms with E-state index < -0.39 is 11.9 Å². The minimum atomic E-state index is -4.45. The van der Waals surface area contributed by atoms with Gasteiger partial charge in [0.2, 0.25) is 0 Å². The third-order valence-electron chi connectivity index (χ3n) is 3.94. The van der Waals surface area contributed by atoms with Crippen molar-refractivity contribution in [1.82, 2.24) is 19.9 Å². The smallest absolute Gasteiger partial charge is 0.432 e. The van der Waals surface area contributed by atoms with Crippen LogP contribution < -0.4 is 0 Å². The monoisotopic (exact) mass is 328 g/mol. The number of amides is 1. The third-order valence-corrected chi connectivity index (χ3v) is 3.94. The van der Waals surface area contributed by atoms with Crippen LogP contribution in [-0.4, -0.2) is 38.8 Å². The second-order valence-electron chi connectivity index (χ2n) is 5.53. The summed E-state index contributed by atoms with van der Waals surface area (Å²) in [5, 5.41) is 0. The molecular weight excluding hydrogens is 313 g/mol. The quantitative estimate of drug-likeness (QED) is 0.920. The van der Waals surface area contributed by atoms with Crippen molar-refractivity contribution in [1.29, 1.82) is 0 Å². The number of aryl methyl sites for hydroxylation is 1. The van der Waals surface area contributed by atoms with Crippen LogP contribution in [0.3, 0.4) is 0 Å². The average molecular weight is 328 g/mol. The van der Waals surface area contributed by atoms with Gasteiger partial charge in [-0.05, 0) is 19.8 Å². The van der Waals surface area contributed by atoms with Crippen molar-refractivity contribution >= 4 is 5.91 Å². The lowest BCUT2D eigenvalue weighted by Gasteiger charge is -2.31. The Balaban J connectivity index is 1.75. The van der Waals surface area contributed by atoms with E-state index in [0.717, 1.165) is 6.20 Å². The molecule has 1 N–H and O–H groups in total. The number of aromatic nitrogens is 3. The zero-order valence-corrected chi connectivity index (χ0v) is 12.4. The summed E-state index contributed by atoms with van der Waals surface area (Å²) in [6.07, 6.45) is -1.10. The maximum absolute atomic E-state index is 12.6. The van der Waals surface area contributed by atoms with E-state index in [-0.39, 0.29) is 23.3 Å². The van der Waals surface area contributed by atoms with Crippen molar-refractivity contribution in [2.45, 2.75) is 31.9 Å². The number of rotatable bonds is 2. The third kappa shape index (κ3) is 3.08. The number of carbonyl (C=O) groups excluding carboxylic acids is 1. The standard InChI is InChI=1S/C14H15F3N4O2/c1-8-11(19-7-23-8)13(22)21-4-2-3-9(6-21)12-18-5-10(20-12)14(15,16)17/h5,7,9H,2-4,6H2,1H3,(H,18,20). The van der Waals surface area contributed by atoms with Crippen LogP contribution >= 0.6 is 0 Å². The summed E-state index contributed by atoms with van der Waals surface area (Å²) >= 11 is 0. The maximum atomic E-state index is 12.6. The first-order valence-electron chi connectivity index (χ1n) is 7.17. The van der Waals surface area contributed by atoms with Gasteiger partial charge in [-0.1, -0.05) is 0 Å². The van der Waals surface area contributed by atoms with E-state index in [9.17, 15) is 18.0 Å². The molecule has 0 radical (unpaired) electrons. The van der Waals surface area contributed by atoms with Crippen molar-refractivity contribution < 1.29 is 22.4 Å². The summed E-state index contributed by atoms with van der Waals surface area (Å²) in [6.45, 7) is 2.48. The fourth-order valence-electron chi connectivity index (χ4n) is 2.73. The Morgan fingerprint density at radius 1 is 1.43 bits per heavy atom. The van der Waals surface area contributed by atoms with Crippen LogP contribution in [0.1, 0.15) is 46.5 Å². The highest BCUT2D eigenvalue weighted by Gasteiger charge is 2.35. The predicted octanol–water partition coefficient (Wildman–Crippen LogP) is 2.74. The number of carbonyl (C=O) groups is 1. The number of imidazole rings is 1. The highest BCUT2D eigenvalue weighted by atomic mass is 19.4. The van der Waals surface area contributed by atoms with Gasteiger partial charge in [-0.3, -0.25) is 4.79 Å². The van der Waals surface area contributed by atoms with Crippen LogP contribution in [0, 0.1) is 6.92 Å². The fraction of sp³-hybridized carbons (Fsp3) is 0.500. The lowest BCUT2D eigenvalue weighted by molar-refractivity contribution is -0.141. The van der Waals surface area contributed by atoms with E-state index in [1.165, 1.54) is 6.39 Å². The summed E-state index contributed by atoms with van der Waals surface area (Å²) < 4.78 is 43.0. The largest absolute Gasteiger partial charge is 0.448 e. The first-order valence-corrected chi connectivity index (χ1v) is 7.17. The number of hydrogen-bond acceptors (Lipinski definition) is 4. The predicted molar refractivity (Wildman–Crippen MR) is 72.7 cm³/mol. The van der Waals surface area contributed by atoms with Crippen molar-refractivity contribution in [2.24, 2.45) is 0 Å². The molecule has 1 aliphatic rings. The number of H-pyrrole nitrogens is 1. The SMILES string of the molecule is Cc1ocnc1C(=O)N1CCCC(c2ncc(C(F)(F)F)[nH]2)C1. The Labute approximate surface area is 129 Å². The average Bonchev–Trinajstić information content (AvgIpc) is 3.15. The van der Waals surface area contributed by atoms with E-state index in [0.29, 0.717) is 31.7 Å². The van der Waals surface area contributed by atoms with Gasteiger partial charge in [-0.15, -0.1) is 0 Å². The molecule has 1 fully saturated rings. The molecular formula is C14H15F3N4O2. The molecule has 6 nitrogen and oxygen atoms in total. The molecule has 3 heterocycles. The van der Waals surface area contributed by atoms with Crippen molar-refractivity contribution in [2.75, 3.05) is 13.1 Å². The van der Waals surface area contributed by atoms with Gasteiger partial charge in [-0.2, -0.15) is 13.2 Å². The van der Waals surface area contributed by atoms with Gasteiger partial charge in [0.25, 0.3) is 5.91 Å². The molecule has 0 aromatic carbocycles. The molecule has 0 saturated carbocycles. The second kappa shape index (κ2) is 5.71. The number of piperidine rings is 1. The Kier molecular flexibility index (Phi) is 3.87. The van der Waals surface area contributed by atoms with E-state index in [2.05, 4.69) is 15.0 Å². The summed E-state index contributed by atoms with van der Waals surface area (Å²) in [5.41, 5.74) is -0.635. The van der Waals surface area contributed by atoms with Gasteiger partial charge in [0.1, 0.15) is 17.3 Å². The Bertz CT molecular complexity index is 707. The molecule has 9 heteroatoms. The lowest BCUT2D eigenvalue weighted by Crippen LogP contribution is -2.39. The van der Waals surface area contributed by atoms with E-state index in [1.807, 2.05) is 0 Å². The minimum Gasteiger partial charge on any atom is -0.448 e. The molecule has 1 aliphatic heterocycles. The van der Waals surface area contributed by atoms with E-state index in [4.69, 9.17) is 4.42 Å². The molecule has 0 bridgehead atoms. The topological polar surface area (TPSA) is 75.0 Å². The van der Waals surface area contributed by atoms with Crippen molar-refractivity contribution in [3.05, 3.63) is 35.6 Å². The van der Waals surface area contributed by atoms with Crippen molar-refractivity contribution in [3.63, 3.8) is 0 Å². The number of aromatic amines is 1. The van der Waals surface area contributed by atoms with Gasteiger partial charge < -0.3 is 14.3 Å². The van der Waals surface area contributed by atoms with Crippen molar-refractivity contribution in [3.8, 4) is 0 Å². The molecule has 1 amide bonds. The molecule has 0 spiro atoms. The highest BCUT2D eigenvalue weighted by molar-refractivity contribution is 5.93. The molecule has 1 unspecified atom stereocenters. The molecule has 2 aromatic rings. The zero-order valence-electron chi connectivity index (χ0n) is 12.4. The van der Waals surface area contributed by atoms with Gasteiger partial charge in [0.05, 0.1) is 6.20 Å². The number of nitrogens with zero attached hydrogens (tertiary/aromatic N) is 3. The van der Waals surface area contributed by atoms with Crippen LogP contribution in [0.25, 0.3) is 0 Å². The maximum Gasteiger partial charge on any atom is 0.432 e. The highest BCUT2D eigenvalue weighted by Crippen LogP contribution is 2.31. The van der Waals surface area contributed by atoms with Gasteiger partial charge in [0.15, 0.2) is 12.1 Å². The van der Waals surface area contributed by atoms with Crippen LogP contribution in [0.5, 0.6) is 0 Å². The number of oxazole rings is 1. The molecule has 1 saturated heterocycles. The Morgan fingerprint density at radius 3 is 2.83 bits per heavy atom. The van der Waals surface area contributed by atoms with Crippen LogP contribution in [0.2, 0.25) is 0 Å². The lowest BCUT2D eigenvalue weighted by atomic mass is 9.97. The first-order chi connectivity index (χ1) is 10.9. The molecule has 3 rings (SSSR count). The van der Waals surface area contributed by atoms with Crippen LogP contribution in [0.15, 0.2) is 17.0 Å². The fourth-order valence-corrected chi connectivity index (χ4v) is 2.73. The normalized spacial score (nSPS) is 19.1. The van der Waals surface area contributed by atoms with Crippen LogP contribution in [0.4, 0.5) is 13.2 Å². The van der Waals surface area contributed by atoms with Crippen LogP contribution in [-0.2, 0) is 6.18 Å². The Morgan fingerprint density at radius 2 is 2.22 bits per heavy atom. The summed E-state index contributed by atoms with van der Waals surface area (Å²) in [5.74, 6) is 0.153. The molecule has 2 aromatic heterocycles. The van der Waals surface area contributed by atoms with Gasteiger partial charge in [-0.25, -0.2) is 9.97 Å². The van der Waals surface area contributed by atoms with Gasteiger partial charge in [0, 0.05) is 19.0 Å². The minimum absolute atomic E-state index is 0.237. The number of alkyl halides is 3. The molecule has 1 atom stereocenters. The summed E-state index contributed by atoms with van der Waals surface area (Å²) in [6, 6.07) is 0. The van der Waals surface area contributed by atoms with E-state index in [1.54, 1.807) is 11.8 Å². The molecule has 124 valence electrons. The van der Waals surface area contributed by atoms with E-state index >= 15 is 0 Å². The summed E-state index contributed by atoms with van der Waals surface area (Å²) in [4.78, 5) is 24.0. The Hall–Kier alpha value is -2.32. The second-order valence-corrected chi connectivity index (χ2v) is 5.53. The molecule has 23 heavy (non-hydrogen) atoms. The number of nitrogens with one attached hydrogen (secondary N) is 1. The van der Waals surface area contributed by atoms with Gasteiger partial charge >= 0.3 is 6.18 Å². The first kappa shape index (κ1) is 15.6. The number of halogens is 3. The summed E-state index contributed by atoms with van der Waals surface area (Å²) in [7, 11) is 0. The zero-order chi connectivity index (χ0) is 16.6. The molecule has 0 aliphatic carbocycles. The number of hydrogen-bond donors (Lipinski definition) is 1.